The maximum atomic E-state index is 11.5. The second-order valence-electron chi connectivity index (χ2n) is 6.91. The van der Waals surface area contributed by atoms with Gasteiger partial charge in [0, 0.05) is 29.7 Å². The van der Waals surface area contributed by atoms with Crippen molar-refractivity contribution in [3.63, 3.8) is 0 Å². The number of hydrogen-bond donors (Lipinski definition) is 0. The zero-order valence-corrected chi connectivity index (χ0v) is 22.3. The first-order chi connectivity index (χ1) is 14.1. The van der Waals surface area contributed by atoms with E-state index in [1.807, 2.05) is 73.2 Å². The number of pyridine rings is 1. The summed E-state index contributed by atoms with van der Waals surface area (Å²) in [4.78, 5) is 16.0. The van der Waals surface area contributed by atoms with E-state index in [0.29, 0.717) is 12.1 Å². The van der Waals surface area contributed by atoms with E-state index >= 15 is 0 Å². The number of aliphatic imine (C=N–C) groups is 1. The zero-order chi connectivity index (χ0) is 20.2. The van der Waals surface area contributed by atoms with Gasteiger partial charge in [-0.15, -0.1) is 17.7 Å². The predicted molar refractivity (Wildman–Crippen MR) is 123 cm³/mol. The molecule has 2 heterocycles. The molecule has 0 bridgehead atoms. The van der Waals surface area contributed by atoms with Crippen molar-refractivity contribution < 1.29 is 70.2 Å². The fourth-order valence-corrected chi connectivity index (χ4v) is 3.28. The number of nitrogens with zero attached hydrogens (tertiary/aromatic N) is 2. The Morgan fingerprint density at radius 3 is 2.38 bits per heavy atom. The molecular formula is C26H28KN2O3-. The molecule has 3 aromatic rings. The van der Waals surface area contributed by atoms with E-state index in [-0.39, 0.29) is 84.4 Å². The van der Waals surface area contributed by atoms with Crippen LogP contribution in [0.5, 0.6) is 5.75 Å². The van der Waals surface area contributed by atoms with Crippen LogP contribution in [0.2, 0.25) is 0 Å². The minimum Gasteiger partial charge on any atom is -0.497 e. The third kappa shape index (κ3) is 6.85. The summed E-state index contributed by atoms with van der Waals surface area (Å²) in [5.41, 5.74) is 3.72. The number of carbonyl (C=O) groups excluding carboxylic acids is 1. The number of carbonyl (C=O) groups is 1. The summed E-state index contributed by atoms with van der Waals surface area (Å²) in [5.74, 6) is 0.640. The molecule has 0 fully saturated rings. The van der Waals surface area contributed by atoms with Crippen molar-refractivity contribution in [2.24, 2.45) is 4.99 Å². The molecule has 0 spiro atoms. The van der Waals surface area contributed by atoms with Gasteiger partial charge in [-0.05, 0) is 23.3 Å². The first kappa shape index (κ1) is 28.2. The molecule has 0 aliphatic carbocycles. The average molecular weight is 456 g/mol. The van der Waals surface area contributed by atoms with Crippen LogP contribution in [-0.4, -0.2) is 19.1 Å². The van der Waals surface area contributed by atoms with E-state index in [9.17, 15) is 4.79 Å². The molecule has 2 unspecified atom stereocenters. The topological polar surface area (TPSA) is 51.8 Å². The van der Waals surface area contributed by atoms with Crippen LogP contribution >= 0.6 is 0 Å². The maximum Gasteiger partial charge on any atom is 1.00 e. The normalized spacial score (nSPS) is 16.3. The van der Waals surface area contributed by atoms with Gasteiger partial charge >= 0.3 is 51.4 Å². The molecule has 5 nitrogen and oxygen atoms in total. The molecule has 6 heteroatoms. The molecule has 2 atom stereocenters. The molecule has 162 valence electrons. The molecule has 2 aromatic carbocycles. The second kappa shape index (κ2) is 13.0. The number of hydrogen-bond acceptors (Lipinski definition) is 4. The van der Waals surface area contributed by atoms with Crippen LogP contribution < -0.4 is 60.7 Å². The zero-order valence-electron chi connectivity index (χ0n) is 19.2. The third-order valence-electron chi connectivity index (χ3n) is 4.89. The van der Waals surface area contributed by atoms with Crippen LogP contribution in [0.25, 0.3) is 0 Å². The molecule has 0 radical (unpaired) electrons. The van der Waals surface area contributed by atoms with E-state index in [1.54, 1.807) is 13.2 Å². The SMILES string of the molecule is [CH2-]C(=O)c1cccc(C[n+]2ccc(C3C=NC(c4ccc(OC)cc4)O3)cc2)c1.[CH3-].[CH3-].[K+]. The molecule has 4 rings (SSSR count). The number of ketones is 1. The van der Waals surface area contributed by atoms with Crippen LogP contribution in [0, 0.1) is 21.8 Å². The van der Waals surface area contributed by atoms with Gasteiger partial charge in [0.15, 0.2) is 25.2 Å². The molecule has 0 saturated carbocycles. The van der Waals surface area contributed by atoms with Gasteiger partial charge in [-0.2, -0.15) is 6.92 Å². The van der Waals surface area contributed by atoms with Crippen LogP contribution in [-0.2, 0) is 11.3 Å². The van der Waals surface area contributed by atoms with Gasteiger partial charge in [0.25, 0.3) is 0 Å². The summed E-state index contributed by atoms with van der Waals surface area (Å²) < 4.78 is 13.3. The number of Topliss-reactive ketones (excluding diaryl/α,β-unsaturated/α-hetero) is 1. The van der Waals surface area contributed by atoms with Gasteiger partial charge in [-0.3, -0.25) is 4.99 Å². The average Bonchev–Trinajstić information content (AvgIpc) is 3.25. The number of methoxy groups -OCH3 is 1. The molecule has 1 aliphatic rings. The Labute approximate surface area is 233 Å². The van der Waals surface area contributed by atoms with Crippen LogP contribution in [0.15, 0.2) is 78.0 Å². The predicted octanol–water partition coefficient (Wildman–Crippen LogP) is 1.79. The molecule has 32 heavy (non-hydrogen) atoms. The fourth-order valence-electron chi connectivity index (χ4n) is 3.28. The largest absolute Gasteiger partial charge is 1.00 e. The Morgan fingerprint density at radius 2 is 1.75 bits per heavy atom. The Bertz CT molecular complexity index is 1030. The first-order valence-electron chi connectivity index (χ1n) is 9.39. The van der Waals surface area contributed by atoms with Crippen molar-refractivity contribution >= 4 is 12.0 Å². The Kier molecular flexibility index (Phi) is 11.5. The van der Waals surface area contributed by atoms with Gasteiger partial charge in [-0.25, -0.2) is 4.57 Å². The Hall–Kier alpha value is -1.80. The molecule has 0 N–H and O–H groups in total. The van der Waals surface area contributed by atoms with Gasteiger partial charge in [0.1, 0.15) is 11.9 Å². The number of rotatable bonds is 6. The second-order valence-corrected chi connectivity index (χ2v) is 6.91. The summed E-state index contributed by atoms with van der Waals surface area (Å²) >= 11 is 0. The number of ether oxygens (including phenoxy) is 2. The summed E-state index contributed by atoms with van der Waals surface area (Å²) in [7, 11) is 1.65. The van der Waals surface area contributed by atoms with Crippen LogP contribution in [0.4, 0.5) is 0 Å². The van der Waals surface area contributed by atoms with E-state index in [2.05, 4.69) is 16.5 Å². The fraction of sp³-hybridized carbons (Fsp3) is 0.154. The van der Waals surface area contributed by atoms with Gasteiger partial charge in [0.05, 0.1) is 7.11 Å². The van der Waals surface area contributed by atoms with Crippen molar-refractivity contribution in [1.82, 2.24) is 0 Å². The number of aromatic nitrogens is 1. The molecule has 0 saturated heterocycles. The summed E-state index contributed by atoms with van der Waals surface area (Å²) in [6.07, 6.45) is 5.38. The van der Waals surface area contributed by atoms with Crippen molar-refractivity contribution in [1.29, 1.82) is 0 Å². The van der Waals surface area contributed by atoms with Crippen LogP contribution in [0.3, 0.4) is 0 Å². The Balaban J connectivity index is 0.00000171. The van der Waals surface area contributed by atoms with Crippen LogP contribution in [0.1, 0.15) is 39.4 Å². The van der Waals surface area contributed by atoms with E-state index in [0.717, 1.165) is 22.4 Å². The monoisotopic (exact) mass is 455 g/mol. The molecule has 1 aromatic heterocycles. The smallest absolute Gasteiger partial charge is 0.497 e. The van der Waals surface area contributed by atoms with Crippen molar-refractivity contribution in [3.05, 3.63) is 117 Å². The van der Waals surface area contributed by atoms with E-state index < -0.39 is 0 Å². The first-order valence-corrected chi connectivity index (χ1v) is 9.39. The minimum absolute atomic E-state index is 0. The Morgan fingerprint density at radius 1 is 1.06 bits per heavy atom. The summed E-state index contributed by atoms with van der Waals surface area (Å²) in [6, 6.07) is 19.3. The van der Waals surface area contributed by atoms with E-state index in [4.69, 9.17) is 9.47 Å². The standard InChI is InChI=1S/C24H22N2O3.2CH3.K/c1-17(27)21-5-3-4-18(14-21)16-26-12-10-19(11-13-26)23-15-25-24(29-23)20-6-8-22(28-2)9-7-20;;;/h3-15,23-24H,1,16H2,2H3;2*1H3;/q;2*-1;+1. The summed E-state index contributed by atoms with van der Waals surface area (Å²) in [5, 5.41) is 0. The molecular weight excluding hydrogens is 427 g/mol. The van der Waals surface area contributed by atoms with Crippen molar-refractivity contribution in [2.45, 2.75) is 18.9 Å². The van der Waals surface area contributed by atoms with Gasteiger partial charge in [-0.1, -0.05) is 24.3 Å². The minimum atomic E-state index is -0.304. The van der Waals surface area contributed by atoms with Crippen molar-refractivity contribution in [2.75, 3.05) is 7.11 Å². The van der Waals surface area contributed by atoms with E-state index in [1.165, 1.54) is 0 Å². The molecule has 1 aliphatic heterocycles. The third-order valence-corrected chi connectivity index (χ3v) is 4.89. The molecule has 0 amide bonds. The van der Waals surface area contributed by atoms with Gasteiger partial charge < -0.3 is 29.1 Å². The van der Waals surface area contributed by atoms with Crippen molar-refractivity contribution in [3.8, 4) is 5.75 Å². The van der Waals surface area contributed by atoms with Gasteiger partial charge in [0.2, 0.25) is 0 Å². The summed E-state index contributed by atoms with van der Waals surface area (Å²) in [6.45, 7) is 4.15. The quantitative estimate of drug-likeness (QED) is 0.247. The maximum absolute atomic E-state index is 11.5. The number of benzene rings is 2.